The lowest BCUT2D eigenvalue weighted by Crippen LogP contribution is -2.28. The molecule has 9 heteroatoms. The summed E-state index contributed by atoms with van der Waals surface area (Å²) < 4.78 is 37.8. The van der Waals surface area contributed by atoms with Gasteiger partial charge in [0.1, 0.15) is 11.5 Å². The number of aromatic nitrogens is 4. The summed E-state index contributed by atoms with van der Waals surface area (Å²) in [6.07, 6.45) is 1.02. The lowest BCUT2D eigenvalue weighted by Gasteiger charge is -2.14. The summed E-state index contributed by atoms with van der Waals surface area (Å²) in [6.45, 7) is 0.523. The zero-order chi connectivity index (χ0) is 19.7. The van der Waals surface area contributed by atoms with Gasteiger partial charge in [0, 0.05) is 42.7 Å². The van der Waals surface area contributed by atoms with Gasteiger partial charge in [0.05, 0.1) is 5.69 Å². The average Bonchev–Trinajstić information content (AvgIpc) is 3.30. The molecule has 0 aromatic carbocycles. The highest BCUT2D eigenvalue weighted by Crippen LogP contribution is 2.30. The number of nitrogens with zero attached hydrogens (tertiary/aromatic N) is 4. The topological polar surface area (TPSA) is 74.8 Å². The fraction of sp³-hybridized carbons (Fsp3) is 0.263. The van der Waals surface area contributed by atoms with Crippen molar-refractivity contribution in [3.8, 4) is 11.3 Å². The Balaban J connectivity index is 1.45. The summed E-state index contributed by atoms with van der Waals surface area (Å²) in [7, 11) is 0. The molecule has 0 spiro atoms. The summed E-state index contributed by atoms with van der Waals surface area (Å²) in [4.78, 5) is 21.8. The Bertz CT molecular complexity index is 969. The maximum atomic E-state index is 12.8. The predicted molar refractivity (Wildman–Crippen MR) is 95.2 cm³/mol. The molecule has 1 amide bonds. The molecule has 1 atom stereocenters. The summed E-state index contributed by atoms with van der Waals surface area (Å²) in [5, 5.41) is 7.13. The number of halogens is 3. The van der Waals surface area contributed by atoms with Crippen LogP contribution in [0.25, 0.3) is 11.3 Å². The predicted octanol–water partition coefficient (Wildman–Crippen LogP) is 3.48. The largest absolute Gasteiger partial charge is 0.433 e. The van der Waals surface area contributed by atoms with Crippen LogP contribution in [-0.2, 0) is 17.4 Å². The molecule has 1 aliphatic rings. The fourth-order valence-electron chi connectivity index (χ4n) is 3.29. The summed E-state index contributed by atoms with van der Waals surface area (Å²) in [5.41, 5.74) is 1.27. The average molecular weight is 387 g/mol. The van der Waals surface area contributed by atoms with Crippen LogP contribution in [0.1, 0.15) is 17.7 Å². The van der Waals surface area contributed by atoms with E-state index in [-0.39, 0.29) is 11.8 Å². The van der Waals surface area contributed by atoms with Gasteiger partial charge in [0.25, 0.3) is 0 Å². The van der Waals surface area contributed by atoms with Crippen molar-refractivity contribution in [1.29, 1.82) is 0 Å². The van der Waals surface area contributed by atoms with Crippen LogP contribution in [0.3, 0.4) is 0 Å². The third-order valence-corrected chi connectivity index (χ3v) is 4.74. The van der Waals surface area contributed by atoms with E-state index in [1.165, 1.54) is 12.3 Å². The van der Waals surface area contributed by atoms with E-state index in [4.69, 9.17) is 0 Å². The minimum absolute atomic E-state index is 0.0789. The smallest absolute Gasteiger partial charge is 0.297 e. The van der Waals surface area contributed by atoms with Crippen molar-refractivity contribution in [2.24, 2.45) is 5.92 Å². The molecule has 28 heavy (non-hydrogen) atoms. The molecule has 144 valence electrons. The molecule has 0 saturated carbocycles. The summed E-state index contributed by atoms with van der Waals surface area (Å²) in [5.74, 6) is 0.223. The molecule has 3 aromatic heterocycles. The Morgan fingerprint density at radius 2 is 1.96 bits per heavy atom. The number of anilines is 1. The Labute approximate surface area is 158 Å². The van der Waals surface area contributed by atoms with Crippen molar-refractivity contribution in [2.75, 3.05) is 11.4 Å². The summed E-state index contributed by atoms with van der Waals surface area (Å²) >= 11 is 0. The molecule has 0 aliphatic carbocycles. The van der Waals surface area contributed by atoms with Gasteiger partial charge in [-0.3, -0.25) is 24.8 Å². The number of aromatic amines is 1. The number of nitrogens with one attached hydrogen (secondary N) is 1. The van der Waals surface area contributed by atoms with Crippen LogP contribution < -0.4 is 4.90 Å². The fourth-order valence-corrected chi connectivity index (χ4v) is 3.29. The van der Waals surface area contributed by atoms with Crippen LogP contribution in [0.4, 0.5) is 19.0 Å². The molecule has 1 saturated heterocycles. The zero-order valence-corrected chi connectivity index (χ0v) is 14.6. The van der Waals surface area contributed by atoms with Crippen LogP contribution >= 0.6 is 0 Å². The van der Waals surface area contributed by atoms with Gasteiger partial charge in [0.15, 0.2) is 0 Å². The van der Waals surface area contributed by atoms with Gasteiger partial charge in [-0.25, -0.2) is 0 Å². The second kappa shape index (κ2) is 7.06. The molecule has 1 fully saturated rings. The first-order valence-corrected chi connectivity index (χ1v) is 8.71. The van der Waals surface area contributed by atoms with E-state index in [0.717, 1.165) is 11.6 Å². The standard InChI is InChI=1S/C19H16F3N5O/c20-19(21,22)16-2-1-12(11-24-16)9-14-5-8-27(18(14)28)17-10-15(25-26-17)13-3-6-23-7-4-13/h1-4,6-7,10-11,14H,5,8-9H2,(H,25,26). The molecular formula is C19H16F3N5O. The number of carbonyl (C=O) groups excluding carboxylic acids is 1. The van der Waals surface area contributed by atoms with Crippen LogP contribution in [0, 0.1) is 5.92 Å². The minimum atomic E-state index is -4.47. The maximum Gasteiger partial charge on any atom is 0.433 e. The third-order valence-electron chi connectivity index (χ3n) is 4.74. The van der Waals surface area contributed by atoms with Crippen molar-refractivity contribution in [3.05, 3.63) is 60.2 Å². The van der Waals surface area contributed by atoms with Gasteiger partial charge < -0.3 is 0 Å². The first-order chi connectivity index (χ1) is 13.4. The van der Waals surface area contributed by atoms with Gasteiger partial charge in [-0.2, -0.15) is 18.3 Å². The second-order valence-electron chi connectivity index (χ2n) is 6.60. The van der Waals surface area contributed by atoms with E-state index >= 15 is 0 Å². The molecular weight excluding hydrogens is 371 g/mol. The highest BCUT2D eigenvalue weighted by Gasteiger charge is 2.35. The number of rotatable bonds is 4. The Hall–Kier alpha value is -3.23. The van der Waals surface area contributed by atoms with Crippen molar-refractivity contribution < 1.29 is 18.0 Å². The highest BCUT2D eigenvalue weighted by atomic mass is 19.4. The molecule has 4 rings (SSSR count). The lowest BCUT2D eigenvalue weighted by molar-refractivity contribution is -0.141. The molecule has 3 aromatic rings. The summed E-state index contributed by atoms with van der Waals surface area (Å²) in [6, 6.07) is 7.78. The van der Waals surface area contributed by atoms with E-state index in [2.05, 4.69) is 20.2 Å². The maximum absolute atomic E-state index is 12.8. The molecule has 1 unspecified atom stereocenters. The van der Waals surface area contributed by atoms with Crippen LogP contribution in [0.2, 0.25) is 0 Å². The van der Waals surface area contributed by atoms with Crippen molar-refractivity contribution in [2.45, 2.75) is 19.0 Å². The van der Waals surface area contributed by atoms with Gasteiger partial charge in [-0.1, -0.05) is 6.07 Å². The first kappa shape index (κ1) is 18.1. The second-order valence-corrected chi connectivity index (χ2v) is 6.60. The van der Waals surface area contributed by atoms with Gasteiger partial charge in [-0.15, -0.1) is 0 Å². The number of amides is 1. The normalized spacial score (nSPS) is 17.3. The van der Waals surface area contributed by atoms with E-state index in [1.54, 1.807) is 23.4 Å². The van der Waals surface area contributed by atoms with Gasteiger partial charge in [-0.05, 0) is 36.6 Å². The van der Waals surface area contributed by atoms with Gasteiger partial charge in [0.2, 0.25) is 5.91 Å². The number of H-pyrrole nitrogens is 1. The van der Waals surface area contributed by atoms with Crippen LogP contribution in [0.5, 0.6) is 0 Å². The van der Waals surface area contributed by atoms with Crippen LogP contribution in [-0.4, -0.2) is 32.6 Å². The minimum Gasteiger partial charge on any atom is -0.297 e. The van der Waals surface area contributed by atoms with Crippen molar-refractivity contribution in [1.82, 2.24) is 20.2 Å². The van der Waals surface area contributed by atoms with E-state index in [0.29, 0.717) is 36.5 Å². The third kappa shape index (κ3) is 3.60. The molecule has 0 bridgehead atoms. The molecule has 4 heterocycles. The Morgan fingerprint density at radius 1 is 1.18 bits per heavy atom. The van der Waals surface area contributed by atoms with E-state index in [1.807, 2.05) is 12.1 Å². The van der Waals surface area contributed by atoms with Gasteiger partial charge >= 0.3 is 6.18 Å². The molecule has 1 N–H and O–H groups in total. The number of pyridine rings is 2. The van der Waals surface area contributed by atoms with E-state index < -0.39 is 11.9 Å². The highest BCUT2D eigenvalue weighted by molar-refractivity contribution is 5.96. The number of hydrogen-bond acceptors (Lipinski definition) is 4. The lowest BCUT2D eigenvalue weighted by atomic mass is 9.99. The number of alkyl halides is 3. The monoisotopic (exact) mass is 387 g/mol. The van der Waals surface area contributed by atoms with Crippen molar-refractivity contribution in [3.63, 3.8) is 0 Å². The first-order valence-electron chi connectivity index (χ1n) is 8.71. The van der Waals surface area contributed by atoms with Crippen molar-refractivity contribution >= 4 is 11.7 Å². The number of carbonyl (C=O) groups is 1. The SMILES string of the molecule is O=C1C(Cc2ccc(C(F)(F)F)nc2)CCN1c1cc(-c2ccncc2)n[nH]1. The Kier molecular flexibility index (Phi) is 4.58. The molecule has 1 aliphatic heterocycles. The quantitative estimate of drug-likeness (QED) is 0.744. The number of hydrogen-bond donors (Lipinski definition) is 1. The van der Waals surface area contributed by atoms with E-state index in [9.17, 15) is 18.0 Å². The zero-order valence-electron chi connectivity index (χ0n) is 14.6. The molecule has 0 radical (unpaired) electrons. The Morgan fingerprint density at radius 3 is 2.64 bits per heavy atom. The molecule has 6 nitrogen and oxygen atoms in total. The van der Waals surface area contributed by atoms with Crippen LogP contribution in [0.15, 0.2) is 48.9 Å².